The number of rotatable bonds is 6. The number of amides is 1. The second-order valence-corrected chi connectivity index (χ2v) is 5.62. The van der Waals surface area contributed by atoms with Crippen molar-refractivity contribution in [2.45, 2.75) is 26.3 Å². The topological polar surface area (TPSA) is 79.9 Å². The SMILES string of the molecule is COc1nccc(CNC(=O)CCc2c[nH]c3cccc(C)c23)n1. The number of aromatic amines is 1. The van der Waals surface area contributed by atoms with E-state index in [1.807, 2.05) is 18.3 Å². The quantitative estimate of drug-likeness (QED) is 0.730. The number of carbonyl (C=O) groups excluding carboxylic acids is 1. The highest BCUT2D eigenvalue weighted by molar-refractivity contribution is 5.87. The Morgan fingerprint density at radius 2 is 2.21 bits per heavy atom. The normalized spacial score (nSPS) is 10.8. The van der Waals surface area contributed by atoms with Gasteiger partial charge in [0, 0.05) is 29.7 Å². The number of carbonyl (C=O) groups is 1. The number of nitrogens with one attached hydrogen (secondary N) is 2. The zero-order chi connectivity index (χ0) is 16.9. The lowest BCUT2D eigenvalue weighted by atomic mass is 10.0. The molecule has 0 aliphatic heterocycles. The first kappa shape index (κ1) is 16.0. The minimum atomic E-state index is -0.00415. The molecule has 6 nitrogen and oxygen atoms in total. The molecule has 2 aromatic heterocycles. The molecule has 3 aromatic rings. The molecule has 6 heteroatoms. The summed E-state index contributed by atoms with van der Waals surface area (Å²) in [6.07, 6.45) is 4.73. The molecule has 0 radical (unpaired) electrons. The van der Waals surface area contributed by atoms with E-state index < -0.39 is 0 Å². The van der Waals surface area contributed by atoms with Crippen molar-refractivity contribution in [3.05, 3.63) is 53.5 Å². The molecule has 0 saturated carbocycles. The Morgan fingerprint density at radius 3 is 3.04 bits per heavy atom. The fourth-order valence-corrected chi connectivity index (χ4v) is 2.75. The van der Waals surface area contributed by atoms with E-state index in [9.17, 15) is 4.79 Å². The van der Waals surface area contributed by atoms with Crippen LogP contribution in [0, 0.1) is 6.92 Å². The van der Waals surface area contributed by atoms with Crippen LogP contribution in [0.15, 0.2) is 36.7 Å². The number of hydrogen-bond donors (Lipinski definition) is 2. The molecular formula is C18H20N4O2. The zero-order valence-electron chi connectivity index (χ0n) is 13.8. The minimum absolute atomic E-state index is 0.00415. The third-order valence-electron chi connectivity index (χ3n) is 3.96. The van der Waals surface area contributed by atoms with E-state index in [1.54, 1.807) is 12.3 Å². The molecule has 0 saturated heterocycles. The van der Waals surface area contributed by atoms with Crippen LogP contribution in [-0.4, -0.2) is 28.0 Å². The molecular weight excluding hydrogens is 304 g/mol. The molecule has 3 rings (SSSR count). The van der Waals surface area contributed by atoms with Crippen LogP contribution in [0.25, 0.3) is 10.9 Å². The van der Waals surface area contributed by atoms with Crippen LogP contribution >= 0.6 is 0 Å². The lowest BCUT2D eigenvalue weighted by Gasteiger charge is -2.06. The maximum atomic E-state index is 12.1. The highest BCUT2D eigenvalue weighted by Gasteiger charge is 2.09. The van der Waals surface area contributed by atoms with Crippen LogP contribution in [-0.2, 0) is 17.8 Å². The number of aromatic nitrogens is 3. The molecule has 0 spiro atoms. The third-order valence-corrected chi connectivity index (χ3v) is 3.96. The average Bonchev–Trinajstić information content (AvgIpc) is 3.03. The summed E-state index contributed by atoms with van der Waals surface area (Å²) >= 11 is 0. The standard InChI is InChI=1S/C18H20N4O2/c1-12-4-3-5-15-17(12)13(10-20-15)6-7-16(23)21-11-14-8-9-19-18(22-14)24-2/h3-5,8-10,20H,6-7,11H2,1-2H3,(H,21,23). The van der Waals surface area contributed by atoms with Crippen LogP contribution < -0.4 is 10.1 Å². The van der Waals surface area contributed by atoms with Crippen LogP contribution in [0.1, 0.15) is 23.2 Å². The second-order valence-electron chi connectivity index (χ2n) is 5.62. The number of nitrogens with zero attached hydrogens (tertiary/aromatic N) is 2. The lowest BCUT2D eigenvalue weighted by Crippen LogP contribution is -2.23. The van der Waals surface area contributed by atoms with Crippen molar-refractivity contribution in [2.75, 3.05) is 7.11 Å². The minimum Gasteiger partial charge on any atom is -0.467 e. The van der Waals surface area contributed by atoms with Gasteiger partial charge in [0.05, 0.1) is 19.3 Å². The van der Waals surface area contributed by atoms with Gasteiger partial charge in [0.1, 0.15) is 0 Å². The van der Waals surface area contributed by atoms with E-state index in [0.717, 1.165) is 11.2 Å². The molecule has 124 valence electrons. The highest BCUT2D eigenvalue weighted by atomic mass is 16.5. The van der Waals surface area contributed by atoms with Gasteiger partial charge in [0.25, 0.3) is 0 Å². The number of ether oxygens (including phenoxy) is 1. The molecule has 1 amide bonds. The number of aryl methyl sites for hydroxylation is 2. The van der Waals surface area contributed by atoms with Gasteiger partial charge in [-0.25, -0.2) is 4.98 Å². The van der Waals surface area contributed by atoms with Gasteiger partial charge in [-0.05, 0) is 36.6 Å². The predicted octanol–water partition coefficient (Wildman–Crippen LogP) is 2.52. The van der Waals surface area contributed by atoms with Crippen molar-refractivity contribution in [2.24, 2.45) is 0 Å². The Morgan fingerprint density at radius 1 is 1.33 bits per heavy atom. The van der Waals surface area contributed by atoms with E-state index in [-0.39, 0.29) is 5.91 Å². The molecule has 0 unspecified atom stereocenters. The van der Waals surface area contributed by atoms with Crippen molar-refractivity contribution < 1.29 is 9.53 Å². The first-order chi connectivity index (χ1) is 11.7. The zero-order valence-corrected chi connectivity index (χ0v) is 13.8. The van der Waals surface area contributed by atoms with Crippen LogP contribution in [0.3, 0.4) is 0 Å². The van der Waals surface area contributed by atoms with Gasteiger partial charge in [0.15, 0.2) is 0 Å². The van der Waals surface area contributed by atoms with E-state index >= 15 is 0 Å². The smallest absolute Gasteiger partial charge is 0.316 e. The Labute approximate surface area is 140 Å². The van der Waals surface area contributed by atoms with Gasteiger partial charge < -0.3 is 15.0 Å². The van der Waals surface area contributed by atoms with Crippen LogP contribution in [0.2, 0.25) is 0 Å². The molecule has 2 heterocycles. The van der Waals surface area contributed by atoms with Crippen molar-refractivity contribution in [1.82, 2.24) is 20.3 Å². The molecule has 0 atom stereocenters. The third kappa shape index (κ3) is 3.53. The molecule has 2 N–H and O–H groups in total. The highest BCUT2D eigenvalue weighted by Crippen LogP contribution is 2.23. The van der Waals surface area contributed by atoms with Crippen LogP contribution in [0.4, 0.5) is 0 Å². The maximum absolute atomic E-state index is 12.1. The fraction of sp³-hybridized carbons (Fsp3) is 0.278. The predicted molar refractivity (Wildman–Crippen MR) is 91.8 cm³/mol. The molecule has 0 aliphatic rings. The summed E-state index contributed by atoms with van der Waals surface area (Å²) in [4.78, 5) is 23.5. The van der Waals surface area contributed by atoms with Gasteiger partial charge in [-0.2, -0.15) is 4.98 Å². The summed E-state index contributed by atoms with van der Waals surface area (Å²) in [5.74, 6) is -0.00415. The van der Waals surface area contributed by atoms with E-state index in [2.05, 4.69) is 33.3 Å². The first-order valence-corrected chi connectivity index (χ1v) is 7.85. The fourth-order valence-electron chi connectivity index (χ4n) is 2.75. The van der Waals surface area contributed by atoms with Gasteiger partial charge in [-0.1, -0.05) is 12.1 Å². The number of H-pyrrole nitrogens is 1. The number of methoxy groups -OCH3 is 1. The number of benzene rings is 1. The van der Waals surface area contributed by atoms with Crippen molar-refractivity contribution in [1.29, 1.82) is 0 Å². The Bertz CT molecular complexity index is 857. The average molecular weight is 324 g/mol. The van der Waals surface area contributed by atoms with E-state index in [4.69, 9.17) is 4.74 Å². The molecule has 0 aliphatic carbocycles. The second kappa shape index (κ2) is 7.12. The summed E-state index contributed by atoms with van der Waals surface area (Å²) in [5, 5.41) is 4.09. The summed E-state index contributed by atoms with van der Waals surface area (Å²) in [5.41, 5.74) is 4.22. The summed E-state index contributed by atoms with van der Waals surface area (Å²) in [7, 11) is 1.51. The molecule has 0 bridgehead atoms. The monoisotopic (exact) mass is 324 g/mol. The largest absolute Gasteiger partial charge is 0.467 e. The van der Waals surface area contributed by atoms with E-state index in [0.29, 0.717) is 25.4 Å². The van der Waals surface area contributed by atoms with Crippen molar-refractivity contribution in [3.8, 4) is 6.01 Å². The summed E-state index contributed by atoms with van der Waals surface area (Å²) in [6.45, 7) is 2.45. The van der Waals surface area contributed by atoms with Gasteiger partial charge >= 0.3 is 6.01 Å². The first-order valence-electron chi connectivity index (χ1n) is 7.85. The number of fused-ring (bicyclic) bond motifs is 1. The molecule has 1 aromatic carbocycles. The number of hydrogen-bond acceptors (Lipinski definition) is 4. The Kier molecular flexibility index (Phi) is 4.74. The summed E-state index contributed by atoms with van der Waals surface area (Å²) < 4.78 is 4.97. The van der Waals surface area contributed by atoms with Crippen molar-refractivity contribution in [3.63, 3.8) is 0 Å². The Hall–Kier alpha value is -2.89. The van der Waals surface area contributed by atoms with Gasteiger partial charge in [-0.15, -0.1) is 0 Å². The van der Waals surface area contributed by atoms with Crippen molar-refractivity contribution >= 4 is 16.8 Å². The van der Waals surface area contributed by atoms with E-state index in [1.165, 1.54) is 23.6 Å². The maximum Gasteiger partial charge on any atom is 0.316 e. The molecule has 0 fully saturated rings. The Balaban J connectivity index is 1.57. The summed E-state index contributed by atoms with van der Waals surface area (Å²) in [6, 6.07) is 8.22. The van der Waals surface area contributed by atoms with Gasteiger partial charge in [-0.3, -0.25) is 4.79 Å². The lowest BCUT2D eigenvalue weighted by molar-refractivity contribution is -0.121. The van der Waals surface area contributed by atoms with Gasteiger partial charge in [0.2, 0.25) is 5.91 Å². The molecule has 24 heavy (non-hydrogen) atoms. The van der Waals surface area contributed by atoms with Crippen LogP contribution in [0.5, 0.6) is 6.01 Å².